The number of hydrogen-bond acceptors (Lipinski definition) is 4. The van der Waals surface area contributed by atoms with Crippen LogP contribution in [0.2, 0.25) is 0 Å². The molecule has 0 radical (unpaired) electrons. The number of fused-ring (bicyclic) bond motifs is 1. The minimum atomic E-state index is -0.471. The van der Waals surface area contributed by atoms with Gasteiger partial charge in [0.15, 0.2) is 0 Å². The van der Waals surface area contributed by atoms with Gasteiger partial charge < -0.3 is 10.4 Å². The molecule has 0 unspecified atom stereocenters. The third-order valence-electron chi connectivity index (χ3n) is 3.69. The molecular weight excluding hydrogens is 308 g/mol. The fraction of sp³-hybridized carbons (Fsp3) is 0.0556. The molecule has 0 aromatic heterocycles. The Hall–Kier alpha value is -3.41. The van der Waals surface area contributed by atoms with Gasteiger partial charge in [-0.1, -0.05) is 18.2 Å². The molecule has 3 amide bonds. The van der Waals surface area contributed by atoms with E-state index in [9.17, 15) is 19.5 Å². The summed E-state index contributed by atoms with van der Waals surface area (Å²) in [5.74, 6) is -1.70. The normalized spacial score (nSPS) is 12.9. The minimum absolute atomic E-state index is 0.0530. The van der Waals surface area contributed by atoms with Gasteiger partial charge in [-0.2, -0.15) is 0 Å². The Morgan fingerprint density at radius 1 is 1.12 bits per heavy atom. The molecule has 0 spiro atoms. The molecule has 2 N–H and O–H groups in total. The van der Waals surface area contributed by atoms with E-state index in [1.165, 1.54) is 24.3 Å². The molecule has 1 heterocycles. The maximum atomic E-state index is 12.4. The molecule has 6 heteroatoms. The van der Waals surface area contributed by atoms with Gasteiger partial charge in [0.25, 0.3) is 17.7 Å². The number of nitrogens with one attached hydrogen (secondary N) is 1. The van der Waals surface area contributed by atoms with E-state index in [0.717, 1.165) is 4.90 Å². The predicted molar refractivity (Wildman–Crippen MR) is 88.2 cm³/mol. The standard InChI is InChI=1S/C18H14N2O4/c1-2-9-19-16(22)14-8-7-11(10-15(14)21)20-17(23)12-5-3-4-6-13(12)18(20)24/h2-8,10,21H,1,9H2,(H,19,22). The molecule has 0 fully saturated rings. The fourth-order valence-corrected chi connectivity index (χ4v) is 2.53. The SMILES string of the molecule is C=CCNC(=O)c1ccc(N2C(=O)c3ccccc3C2=O)cc1O. The smallest absolute Gasteiger partial charge is 0.266 e. The highest BCUT2D eigenvalue weighted by Gasteiger charge is 2.36. The number of carbonyl (C=O) groups is 3. The second-order valence-corrected chi connectivity index (χ2v) is 5.19. The van der Waals surface area contributed by atoms with Crippen molar-refractivity contribution in [2.45, 2.75) is 0 Å². The summed E-state index contributed by atoms with van der Waals surface area (Å²) in [6, 6.07) is 10.6. The number of rotatable bonds is 4. The molecular formula is C18H14N2O4. The molecule has 1 aliphatic heterocycles. The topological polar surface area (TPSA) is 86.7 Å². The molecule has 1 aliphatic rings. The molecule has 0 saturated heterocycles. The van der Waals surface area contributed by atoms with Crippen LogP contribution in [0.4, 0.5) is 5.69 Å². The highest BCUT2D eigenvalue weighted by atomic mass is 16.3. The summed E-state index contributed by atoms with van der Waals surface area (Å²) in [7, 11) is 0. The van der Waals surface area contributed by atoms with Gasteiger partial charge in [-0.25, -0.2) is 4.90 Å². The molecule has 2 aromatic rings. The highest BCUT2D eigenvalue weighted by Crippen LogP contribution is 2.31. The highest BCUT2D eigenvalue weighted by molar-refractivity contribution is 6.34. The van der Waals surface area contributed by atoms with Gasteiger partial charge in [-0.05, 0) is 24.3 Å². The van der Waals surface area contributed by atoms with Crippen molar-refractivity contribution in [1.82, 2.24) is 5.32 Å². The first-order valence-corrected chi connectivity index (χ1v) is 7.24. The van der Waals surface area contributed by atoms with Gasteiger partial charge in [0.1, 0.15) is 5.75 Å². The van der Waals surface area contributed by atoms with E-state index >= 15 is 0 Å². The lowest BCUT2D eigenvalue weighted by Crippen LogP contribution is -2.29. The Morgan fingerprint density at radius 3 is 2.29 bits per heavy atom. The lowest BCUT2D eigenvalue weighted by atomic mass is 10.1. The number of imide groups is 1. The summed E-state index contributed by atoms with van der Waals surface area (Å²) < 4.78 is 0. The summed E-state index contributed by atoms with van der Waals surface area (Å²) in [6.45, 7) is 3.76. The van der Waals surface area contributed by atoms with E-state index in [4.69, 9.17) is 0 Å². The number of benzene rings is 2. The number of nitrogens with zero attached hydrogens (tertiary/aromatic N) is 1. The van der Waals surface area contributed by atoms with Crippen LogP contribution in [0, 0.1) is 0 Å². The van der Waals surface area contributed by atoms with Gasteiger partial charge >= 0.3 is 0 Å². The van der Waals surface area contributed by atoms with Crippen LogP contribution in [0.1, 0.15) is 31.1 Å². The summed E-state index contributed by atoms with van der Waals surface area (Å²) in [5, 5.41) is 12.6. The van der Waals surface area contributed by atoms with E-state index in [0.29, 0.717) is 11.1 Å². The van der Waals surface area contributed by atoms with Crippen molar-refractivity contribution in [3.8, 4) is 5.75 Å². The minimum Gasteiger partial charge on any atom is -0.507 e. The predicted octanol–water partition coefficient (Wildman–Crippen LogP) is 2.11. The van der Waals surface area contributed by atoms with Gasteiger partial charge in [0.2, 0.25) is 0 Å². The number of anilines is 1. The van der Waals surface area contributed by atoms with Crippen LogP contribution in [0.25, 0.3) is 0 Å². The molecule has 0 atom stereocenters. The number of carbonyl (C=O) groups excluding carboxylic acids is 3. The summed E-state index contributed by atoms with van der Waals surface area (Å²) in [5.41, 5.74) is 0.890. The number of amides is 3. The lowest BCUT2D eigenvalue weighted by Gasteiger charge is -2.15. The first-order valence-electron chi connectivity index (χ1n) is 7.24. The average molecular weight is 322 g/mol. The van der Waals surface area contributed by atoms with E-state index in [2.05, 4.69) is 11.9 Å². The third-order valence-corrected chi connectivity index (χ3v) is 3.69. The first-order chi connectivity index (χ1) is 11.5. The molecule has 2 aromatic carbocycles. The summed E-state index contributed by atoms with van der Waals surface area (Å²) in [6.07, 6.45) is 1.52. The number of aromatic hydroxyl groups is 1. The van der Waals surface area contributed by atoms with Gasteiger partial charge in [-0.15, -0.1) is 6.58 Å². The van der Waals surface area contributed by atoms with Crippen LogP contribution >= 0.6 is 0 Å². The van der Waals surface area contributed by atoms with E-state index < -0.39 is 17.7 Å². The molecule has 120 valence electrons. The zero-order chi connectivity index (χ0) is 17.3. The Bertz CT molecular complexity index is 838. The van der Waals surface area contributed by atoms with Gasteiger partial charge in [-0.3, -0.25) is 14.4 Å². The van der Waals surface area contributed by atoms with Gasteiger partial charge in [0, 0.05) is 12.6 Å². The van der Waals surface area contributed by atoms with Crippen LogP contribution in [0.3, 0.4) is 0 Å². The molecule has 6 nitrogen and oxygen atoms in total. The number of phenols is 1. The molecule has 0 bridgehead atoms. The molecule has 24 heavy (non-hydrogen) atoms. The van der Waals surface area contributed by atoms with Crippen LogP contribution in [0.15, 0.2) is 55.1 Å². The second-order valence-electron chi connectivity index (χ2n) is 5.19. The summed E-state index contributed by atoms with van der Waals surface area (Å²) in [4.78, 5) is 37.7. The van der Waals surface area contributed by atoms with E-state index in [1.54, 1.807) is 24.3 Å². The largest absolute Gasteiger partial charge is 0.507 e. The van der Waals surface area contributed by atoms with E-state index in [-0.39, 0.29) is 23.5 Å². The summed E-state index contributed by atoms with van der Waals surface area (Å²) >= 11 is 0. The Kier molecular flexibility index (Phi) is 3.87. The van der Waals surface area contributed by atoms with Crippen LogP contribution in [-0.4, -0.2) is 29.4 Å². The van der Waals surface area contributed by atoms with Gasteiger partial charge in [0.05, 0.1) is 22.4 Å². The van der Waals surface area contributed by atoms with Crippen molar-refractivity contribution in [1.29, 1.82) is 0 Å². The maximum Gasteiger partial charge on any atom is 0.266 e. The average Bonchev–Trinajstić information content (AvgIpc) is 2.84. The van der Waals surface area contributed by atoms with Crippen LogP contribution in [-0.2, 0) is 0 Å². The number of phenolic OH excluding ortho intramolecular Hbond substituents is 1. The zero-order valence-electron chi connectivity index (χ0n) is 12.7. The van der Waals surface area contributed by atoms with Crippen LogP contribution < -0.4 is 10.2 Å². The Morgan fingerprint density at radius 2 is 1.75 bits per heavy atom. The van der Waals surface area contributed by atoms with Crippen molar-refractivity contribution in [3.05, 3.63) is 71.8 Å². The lowest BCUT2D eigenvalue weighted by molar-refractivity contribution is 0.0923. The molecule has 0 saturated carbocycles. The van der Waals surface area contributed by atoms with Crippen molar-refractivity contribution in [2.24, 2.45) is 0 Å². The maximum absolute atomic E-state index is 12.4. The Balaban J connectivity index is 1.93. The quantitative estimate of drug-likeness (QED) is 0.667. The first kappa shape index (κ1) is 15.5. The number of hydrogen-bond donors (Lipinski definition) is 2. The van der Waals surface area contributed by atoms with Crippen LogP contribution in [0.5, 0.6) is 5.75 Å². The fourth-order valence-electron chi connectivity index (χ4n) is 2.53. The van der Waals surface area contributed by atoms with E-state index in [1.807, 2.05) is 0 Å². The van der Waals surface area contributed by atoms with Crippen molar-refractivity contribution < 1.29 is 19.5 Å². The van der Waals surface area contributed by atoms with Crippen molar-refractivity contribution in [3.63, 3.8) is 0 Å². The zero-order valence-corrected chi connectivity index (χ0v) is 12.7. The Labute approximate surface area is 138 Å². The van der Waals surface area contributed by atoms with Crippen molar-refractivity contribution >= 4 is 23.4 Å². The molecule has 3 rings (SSSR count). The third kappa shape index (κ3) is 2.44. The second kappa shape index (κ2) is 6.00. The monoisotopic (exact) mass is 322 g/mol. The molecule has 0 aliphatic carbocycles. The van der Waals surface area contributed by atoms with Crippen molar-refractivity contribution in [2.75, 3.05) is 11.4 Å².